The van der Waals surface area contributed by atoms with E-state index in [4.69, 9.17) is 23.5 Å². The minimum absolute atomic E-state index is 0.134. The fraction of sp³-hybridized carbons (Fsp3) is 0.222. The molecule has 0 saturated heterocycles. The van der Waals surface area contributed by atoms with Crippen LogP contribution in [-0.2, 0) is 13.2 Å². The zero-order valence-corrected chi connectivity index (χ0v) is 14.0. The molecule has 0 atom stereocenters. The molecule has 0 amide bonds. The number of aromatic nitrogens is 2. The molecule has 25 heavy (non-hydrogen) atoms. The van der Waals surface area contributed by atoms with Crippen LogP contribution in [0.3, 0.4) is 0 Å². The van der Waals surface area contributed by atoms with Gasteiger partial charge in [0.2, 0.25) is 5.82 Å². The van der Waals surface area contributed by atoms with Gasteiger partial charge in [0.05, 0.1) is 14.2 Å². The van der Waals surface area contributed by atoms with E-state index in [0.29, 0.717) is 29.0 Å². The van der Waals surface area contributed by atoms with Gasteiger partial charge in [0.1, 0.15) is 23.0 Å². The summed E-state index contributed by atoms with van der Waals surface area (Å²) in [6, 6.07) is 14.7. The first kappa shape index (κ1) is 16.6. The Morgan fingerprint density at radius 3 is 2.12 bits per heavy atom. The van der Waals surface area contributed by atoms with E-state index in [1.165, 1.54) is 0 Å². The summed E-state index contributed by atoms with van der Waals surface area (Å²) in [5, 5.41) is 3.87. The second kappa shape index (κ2) is 8.05. The maximum absolute atomic E-state index is 5.66. The first-order valence-electron chi connectivity index (χ1n) is 7.62. The van der Waals surface area contributed by atoms with Crippen LogP contribution in [0.2, 0.25) is 0 Å². The fourth-order valence-electron chi connectivity index (χ4n) is 2.08. The minimum Gasteiger partial charge on any atom is -0.496 e. The molecule has 0 spiro atoms. The highest BCUT2D eigenvalue weighted by atomic mass is 16.5. The number of rotatable bonds is 8. The van der Waals surface area contributed by atoms with E-state index in [9.17, 15) is 0 Å². The average molecular weight is 342 g/mol. The minimum atomic E-state index is 0.134. The summed E-state index contributed by atoms with van der Waals surface area (Å²) in [7, 11) is 3.16. The van der Waals surface area contributed by atoms with Crippen LogP contribution in [0, 0.1) is 0 Å². The van der Waals surface area contributed by atoms with Gasteiger partial charge in [-0.15, -0.1) is 0 Å². The van der Waals surface area contributed by atoms with Crippen LogP contribution in [0.1, 0.15) is 11.7 Å². The van der Waals surface area contributed by atoms with Crippen molar-refractivity contribution in [3.63, 3.8) is 0 Å². The second-order valence-electron chi connectivity index (χ2n) is 5.04. The van der Waals surface area contributed by atoms with Gasteiger partial charge in [-0.05, 0) is 12.1 Å². The normalized spacial score (nSPS) is 10.3. The molecule has 0 saturated carbocycles. The van der Waals surface area contributed by atoms with Crippen molar-refractivity contribution in [2.45, 2.75) is 13.2 Å². The molecule has 0 unspecified atom stereocenters. The number of benzene rings is 2. The smallest absolute Gasteiger partial charge is 0.264 e. The Morgan fingerprint density at radius 1 is 0.800 bits per heavy atom. The van der Waals surface area contributed by atoms with E-state index in [0.717, 1.165) is 5.75 Å². The number of hydrogen-bond donors (Lipinski definition) is 0. The summed E-state index contributed by atoms with van der Waals surface area (Å²) in [4.78, 5) is 4.24. The summed E-state index contributed by atoms with van der Waals surface area (Å²) in [6.45, 7) is 0.356. The Balaban J connectivity index is 1.56. The van der Waals surface area contributed by atoms with Gasteiger partial charge in [0.25, 0.3) is 5.89 Å². The lowest BCUT2D eigenvalue weighted by Gasteiger charge is -2.08. The van der Waals surface area contributed by atoms with Crippen molar-refractivity contribution in [3.05, 3.63) is 60.2 Å². The largest absolute Gasteiger partial charge is 0.496 e. The summed E-state index contributed by atoms with van der Waals surface area (Å²) < 4.78 is 26.8. The summed E-state index contributed by atoms with van der Waals surface area (Å²) in [5.74, 6) is 3.40. The van der Waals surface area contributed by atoms with Crippen LogP contribution in [-0.4, -0.2) is 24.4 Å². The van der Waals surface area contributed by atoms with E-state index in [2.05, 4.69) is 10.1 Å². The van der Waals surface area contributed by atoms with Crippen molar-refractivity contribution in [2.75, 3.05) is 14.2 Å². The highest BCUT2D eigenvalue weighted by Gasteiger charge is 2.09. The molecule has 2 aromatic carbocycles. The van der Waals surface area contributed by atoms with Crippen molar-refractivity contribution in [1.29, 1.82) is 0 Å². The molecule has 0 radical (unpaired) electrons. The molecule has 7 nitrogen and oxygen atoms in total. The Labute approximate surface area is 145 Å². The van der Waals surface area contributed by atoms with Gasteiger partial charge < -0.3 is 23.5 Å². The van der Waals surface area contributed by atoms with Crippen molar-refractivity contribution in [3.8, 4) is 23.0 Å². The van der Waals surface area contributed by atoms with Crippen LogP contribution in [0.15, 0.2) is 53.1 Å². The summed E-state index contributed by atoms with van der Waals surface area (Å²) >= 11 is 0. The van der Waals surface area contributed by atoms with Crippen molar-refractivity contribution >= 4 is 0 Å². The van der Waals surface area contributed by atoms with Crippen LogP contribution in [0.25, 0.3) is 0 Å². The van der Waals surface area contributed by atoms with Gasteiger partial charge in [-0.3, -0.25) is 0 Å². The number of ether oxygens (including phenoxy) is 4. The Bertz CT molecular complexity index is 782. The molecule has 0 aliphatic rings. The van der Waals surface area contributed by atoms with Gasteiger partial charge in [-0.1, -0.05) is 23.4 Å². The lowest BCUT2D eigenvalue weighted by Crippen LogP contribution is -1.99. The zero-order chi connectivity index (χ0) is 17.5. The van der Waals surface area contributed by atoms with E-state index in [1.54, 1.807) is 32.4 Å². The highest BCUT2D eigenvalue weighted by molar-refractivity contribution is 5.42. The first-order chi connectivity index (χ1) is 12.3. The quantitative estimate of drug-likeness (QED) is 0.622. The summed E-state index contributed by atoms with van der Waals surface area (Å²) in [5.41, 5.74) is 0. The zero-order valence-electron chi connectivity index (χ0n) is 14.0. The van der Waals surface area contributed by atoms with Crippen molar-refractivity contribution in [1.82, 2.24) is 10.1 Å². The monoisotopic (exact) mass is 342 g/mol. The molecule has 0 N–H and O–H groups in total. The van der Waals surface area contributed by atoms with Gasteiger partial charge >= 0.3 is 0 Å². The van der Waals surface area contributed by atoms with Crippen molar-refractivity contribution in [2.24, 2.45) is 0 Å². The molecule has 3 aromatic rings. The average Bonchev–Trinajstić information content (AvgIpc) is 3.13. The Hall–Kier alpha value is -3.22. The SMILES string of the molecule is COc1cc(OC)cc(OCc2nc(COc3ccccc3)no2)c1. The van der Waals surface area contributed by atoms with E-state index < -0.39 is 0 Å². The highest BCUT2D eigenvalue weighted by Crippen LogP contribution is 2.27. The van der Waals surface area contributed by atoms with Gasteiger partial charge in [-0.2, -0.15) is 4.98 Å². The van der Waals surface area contributed by atoms with Crippen LogP contribution in [0.5, 0.6) is 23.0 Å². The standard InChI is InChI=1S/C18H18N2O5/c1-21-14-8-15(22-2)10-16(9-14)24-12-18-19-17(20-25-18)11-23-13-6-4-3-5-7-13/h3-10H,11-12H2,1-2H3. The van der Waals surface area contributed by atoms with E-state index in [1.807, 2.05) is 30.3 Å². The molecule has 3 rings (SSSR count). The predicted octanol–water partition coefficient (Wildman–Crippen LogP) is 3.24. The molecular weight excluding hydrogens is 324 g/mol. The summed E-state index contributed by atoms with van der Waals surface area (Å²) in [6.07, 6.45) is 0. The fourth-order valence-corrected chi connectivity index (χ4v) is 2.08. The molecule has 0 bridgehead atoms. The third-order valence-corrected chi connectivity index (χ3v) is 3.31. The van der Waals surface area contributed by atoms with Crippen LogP contribution in [0.4, 0.5) is 0 Å². The number of hydrogen-bond acceptors (Lipinski definition) is 7. The third-order valence-electron chi connectivity index (χ3n) is 3.31. The predicted molar refractivity (Wildman–Crippen MR) is 89.0 cm³/mol. The van der Waals surface area contributed by atoms with Gasteiger partial charge in [0, 0.05) is 18.2 Å². The second-order valence-corrected chi connectivity index (χ2v) is 5.04. The molecule has 0 aliphatic heterocycles. The molecule has 7 heteroatoms. The Kier molecular flexibility index (Phi) is 5.36. The molecule has 130 valence electrons. The molecular formula is C18H18N2O5. The van der Waals surface area contributed by atoms with Gasteiger partial charge in [-0.25, -0.2) is 0 Å². The number of para-hydroxylation sites is 1. The molecule has 1 heterocycles. The topological polar surface area (TPSA) is 75.8 Å². The third kappa shape index (κ3) is 4.63. The van der Waals surface area contributed by atoms with Crippen LogP contribution < -0.4 is 18.9 Å². The molecule has 0 aliphatic carbocycles. The lowest BCUT2D eigenvalue weighted by atomic mass is 10.3. The lowest BCUT2D eigenvalue weighted by molar-refractivity contribution is 0.238. The van der Waals surface area contributed by atoms with Gasteiger partial charge in [0.15, 0.2) is 13.2 Å². The van der Waals surface area contributed by atoms with E-state index >= 15 is 0 Å². The molecule has 0 fully saturated rings. The maximum atomic E-state index is 5.66. The Morgan fingerprint density at radius 2 is 1.44 bits per heavy atom. The maximum Gasteiger partial charge on any atom is 0.264 e. The first-order valence-corrected chi connectivity index (χ1v) is 7.62. The van der Waals surface area contributed by atoms with Crippen LogP contribution >= 0.6 is 0 Å². The van der Waals surface area contributed by atoms with Crippen molar-refractivity contribution < 1.29 is 23.5 Å². The molecule has 1 aromatic heterocycles. The number of methoxy groups -OCH3 is 2. The number of nitrogens with zero attached hydrogens (tertiary/aromatic N) is 2. The van der Waals surface area contributed by atoms with E-state index in [-0.39, 0.29) is 13.2 Å².